The molecule has 7 aromatic rings. The van der Waals surface area contributed by atoms with Crippen LogP contribution in [-0.4, -0.2) is 4.98 Å². The van der Waals surface area contributed by atoms with E-state index < -0.39 is 12.1 Å². The summed E-state index contributed by atoms with van der Waals surface area (Å²) in [4.78, 5) is 4.83. The Morgan fingerprint density at radius 2 is 0.630 bits per heavy atom. The van der Waals surface area contributed by atoms with Crippen molar-refractivity contribution in [3.8, 4) is 22.3 Å². The lowest BCUT2D eigenvalue weighted by Crippen LogP contribution is -2.26. The van der Waals surface area contributed by atoms with Gasteiger partial charge in [-0.3, -0.25) is 4.98 Å². The summed E-state index contributed by atoms with van der Waals surface area (Å²) in [7, 11) is 0. The van der Waals surface area contributed by atoms with E-state index in [-0.39, 0.29) is 0 Å². The van der Waals surface area contributed by atoms with Gasteiger partial charge in [-0.05, 0) is 38.4 Å². The first kappa shape index (κ1) is 30.4. The Hall–Kier alpha value is -4.23. The molecule has 0 atom stereocenters. The lowest BCUT2D eigenvalue weighted by molar-refractivity contribution is 1.33. The Morgan fingerprint density at radius 1 is 0.348 bits per heavy atom. The topological polar surface area (TPSA) is 12.9 Å². The van der Waals surface area contributed by atoms with Gasteiger partial charge in [0.25, 0.3) is 0 Å². The Labute approximate surface area is 281 Å². The smallest absolute Gasteiger partial charge is 0.0385 e. The summed E-state index contributed by atoms with van der Waals surface area (Å²) in [5.41, 5.74) is 4.29. The van der Waals surface area contributed by atoms with Crippen molar-refractivity contribution in [3.05, 3.63) is 188 Å². The average Bonchev–Trinajstić information content (AvgIpc) is 3.15. The van der Waals surface area contributed by atoms with Crippen molar-refractivity contribution < 1.29 is 0 Å². The SMILES string of the molecule is S=P(c1ccccc1)(c1ccccc1)c1ccccc1-c1cncc(-c2ccccc2P(=S)(c2ccccc2)c2ccccc2)c1. The van der Waals surface area contributed by atoms with Gasteiger partial charge in [0.1, 0.15) is 0 Å². The van der Waals surface area contributed by atoms with Gasteiger partial charge in [-0.25, -0.2) is 0 Å². The molecule has 0 N–H and O–H groups in total. The van der Waals surface area contributed by atoms with Crippen LogP contribution in [0.2, 0.25) is 0 Å². The lowest BCUT2D eigenvalue weighted by atomic mass is 10.0. The standard InChI is InChI=1S/C41H31NP2S2/c45-43(34-17-5-1-6-18-34,35-19-7-2-8-20-35)40-27-15-13-25-38(40)32-29-33(31-42-30-32)39-26-14-16-28-41(39)44(46,36-21-9-3-10-22-36)37-23-11-4-12-24-37/h1-31H. The van der Waals surface area contributed by atoms with Gasteiger partial charge in [-0.15, -0.1) is 0 Å². The van der Waals surface area contributed by atoms with Gasteiger partial charge in [0.15, 0.2) is 0 Å². The Bertz CT molecular complexity index is 1960. The minimum Gasteiger partial charge on any atom is -0.263 e. The quantitative estimate of drug-likeness (QED) is 0.153. The third-order valence-electron chi connectivity index (χ3n) is 8.33. The van der Waals surface area contributed by atoms with Crippen molar-refractivity contribution >= 4 is 67.5 Å². The summed E-state index contributed by atoms with van der Waals surface area (Å²) < 4.78 is 0. The molecule has 222 valence electrons. The van der Waals surface area contributed by atoms with E-state index in [9.17, 15) is 0 Å². The Balaban J connectivity index is 1.42. The van der Waals surface area contributed by atoms with Crippen LogP contribution in [-0.2, 0) is 23.6 Å². The third-order valence-corrected chi connectivity index (χ3v) is 18.3. The van der Waals surface area contributed by atoms with Crippen LogP contribution in [0.4, 0.5) is 0 Å². The van der Waals surface area contributed by atoms with Crippen LogP contribution in [0.3, 0.4) is 0 Å². The number of hydrogen-bond acceptors (Lipinski definition) is 3. The van der Waals surface area contributed by atoms with Crippen LogP contribution in [0.25, 0.3) is 22.3 Å². The van der Waals surface area contributed by atoms with Crippen LogP contribution in [0, 0.1) is 0 Å². The molecule has 0 fully saturated rings. The molecule has 0 saturated heterocycles. The zero-order chi connectivity index (χ0) is 31.4. The second kappa shape index (κ2) is 13.2. The maximum Gasteiger partial charge on any atom is 0.0385 e. The molecule has 1 aromatic heterocycles. The van der Waals surface area contributed by atoms with Gasteiger partial charge in [0, 0.05) is 46.2 Å². The van der Waals surface area contributed by atoms with Crippen molar-refractivity contribution in [1.29, 1.82) is 0 Å². The van der Waals surface area contributed by atoms with E-state index in [4.69, 9.17) is 28.6 Å². The highest BCUT2D eigenvalue weighted by atomic mass is 32.4. The van der Waals surface area contributed by atoms with E-state index in [1.165, 1.54) is 21.2 Å². The van der Waals surface area contributed by atoms with E-state index >= 15 is 0 Å². The van der Waals surface area contributed by atoms with Crippen LogP contribution in [0.1, 0.15) is 0 Å². The van der Waals surface area contributed by atoms with Crippen LogP contribution < -0.4 is 31.8 Å². The monoisotopic (exact) mass is 663 g/mol. The summed E-state index contributed by atoms with van der Waals surface area (Å²) in [6.07, 6.45) is 3.93. The maximum absolute atomic E-state index is 6.77. The molecule has 0 saturated carbocycles. The predicted octanol–water partition coefficient (Wildman–Crippen LogP) is 7.93. The average molecular weight is 664 g/mol. The fraction of sp³-hybridized carbons (Fsp3) is 0. The van der Waals surface area contributed by atoms with Crippen LogP contribution in [0.5, 0.6) is 0 Å². The molecule has 1 heterocycles. The van der Waals surface area contributed by atoms with Crippen molar-refractivity contribution in [1.82, 2.24) is 4.98 Å². The highest BCUT2D eigenvalue weighted by Crippen LogP contribution is 2.47. The maximum atomic E-state index is 6.77. The van der Waals surface area contributed by atoms with Crippen LogP contribution in [0.15, 0.2) is 188 Å². The first-order valence-electron chi connectivity index (χ1n) is 15.2. The zero-order valence-corrected chi connectivity index (χ0v) is 28.5. The number of rotatable bonds is 8. The Kier molecular flexibility index (Phi) is 8.76. The molecule has 6 aromatic carbocycles. The van der Waals surface area contributed by atoms with Crippen molar-refractivity contribution in [2.24, 2.45) is 0 Å². The predicted molar refractivity (Wildman–Crippen MR) is 207 cm³/mol. The first-order chi connectivity index (χ1) is 22.6. The van der Waals surface area contributed by atoms with Gasteiger partial charge in [-0.2, -0.15) is 0 Å². The molecule has 1 nitrogen and oxygen atoms in total. The number of nitrogens with zero attached hydrogens (tertiary/aromatic N) is 1. The molecule has 46 heavy (non-hydrogen) atoms. The number of benzene rings is 6. The van der Waals surface area contributed by atoms with E-state index in [1.54, 1.807) is 0 Å². The van der Waals surface area contributed by atoms with Crippen LogP contribution >= 0.6 is 12.1 Å². The third kappa shape index (κ3) is 5.55. The van der Waals surface area contributed by atoms with E-state index in [0.29, 0.717) is 0 Å². The minimum absolute atomic E-state index is 1.04. The summed E-state index contributed by atoms with van der Waals surface area (Å²) in [6.45, 7) is 0. The first-order valence-corrected chi connectivity index (χ1v) is 20.8. The van der Waals surface area contributed by atoms with E-state index in [2.05, 4.69) is 176 Å². The second-order valence-electron chi connectivity index (χ2n) is 11.1. The molecule has 0 bridgehead atoms. The summed E-state index contributed by atoms with van der Waals surface area (Å²) in [6, 6.07) is 57.0. The second-order valence-corrected chi connectivity index (χ2v) is 19.8. The summed E-state index contributed by atoms with van der Waals surface area (Å²) in [5, 5.41) is 7.00. The largest absolute Gasteiger partial charge is 0.263 e. The molecule has 0 aliphatic rings. The molecular formula is C41H31NP2S2. The Morgan fingerprint density at radius 3 is 0.957 bits per heavy atom. The molecule has 0 radical (unpaired) electrons. The summed E-state index contributed by atoms with van der Waals surface area (Å²) >= 11 is 13.5. The van der Waals surface area contributed by atoms with E-state index in [0.717, 1.165) is 32.9 Å². The van der Waals surface area contributed by atoms with Crippen molar-refractivity contribution in [2.45, 2.75) is 0 Å². The van der Waals surface area contributed by atoms with E-state index in [1.807, 2.05) is 12.4 Å². The number of aromatic nitrogens is 1. The van der Waals surface area contributed by atoms with Gasteiger partial charge >= 0.3 is 0 Å². The lowest BCUT2D eigenvalue weighted by Gasteiger charge is -2.27. The fourth-order valence-electron chi connectivity index (χ4n) is 6.13. The number of hydrogen-bond donors (Lipinski definition) is 0. The van der Waals surface area contributed by atoms with Crippen molar-refractivity contribution in [2.75, 3.05) is 0 Å². The molecule has 0 aliphatic carbocycles. The van der Waals surface area contributed by atoms with Crippen molar-refractivity contribution in [3.63, 3.8) is 0 Å². The molecule has 5 heteroatoms. The molecule has 0 amide bonds. The fourth-order valence-corrected chi connectivity index (χ4v) is 14.3. The highest BCUT2D eigenvalue weighted by Gasteiger charge is 2.29. The van der Waals surface area contributed by atoms with Gasteiger partial charge in [-0.1, -0.05) is 193 Å². The minimum atomic E-state index is -2.39. The molecule has 0 aliphatic heterocycles. The molecule has 0 unspecified atom stereocenters. The van der Waals surface area contributed by atoms with Gasteiger partial charge in [0.2, 0.25) is 0 Å². The van der Waals surface area contributed by atoms with Gasteiger partial charge < -0.3 is 0 Å². The number of pyridine rings is 1. The molecule has 7 rings (SSSR count). The summed E-state index contributed by atoms with van der Waals surface area (Å²) in [5.74, 6) is 0. The zero-order valence-electron chi connectivity index (χ0n) is 25.1. The molecular weight excluding hydrogens is 633 g/mol. The van der Waals surface area contributed by atoms with Gasteiger partial charge in [0.05, 0.1) is 0 Å². The normalized spacial score (nSPS) is 11.7. The molecule has 0 spiro atoms. The highest BCUT2D eigenvalue weighted by molar-refractivity contribution is 8.26.